The Labute approximate surface area is 91.0 Å². The molecule has 0 fully saturated rings. The minimum absolute atomic E-state index is 0.275. The summed E-state index contributed by atoms with van der Waals surface area (Å²) in [5, 5.41) is 8.93. The van der Waals surface area contributed by atoms with Gasteiger partial charge in [0.05, 0.1) is 11.9 Å². The van der Waals surface area contributed by atoms with E-state index in [2.05, 4.69) is 25.9 Å². The molecule has 7 nitrogen and oxygen atoms in total. The molecule has 0 aliphatic heterocycles. The Morgan fingerprint density at radius 2 is 2.31 bits per heavy atom. The number of pyridine rings is 1. The van der Waals surface area contributed by atoms with Crippen molar-refractivity contribution in [1.82, 2.24) is 15.2 Å². The Hall–Kier alpha value is -2.41. The zero-order chi connectivity index (χ0) is 11.4. The van der Waals surface area contributed by atoms with Crippen LogP contribution in [-0.2, 0) is 0 Å². The van der Waals surface area contributed by atoms with Crippen molar-refractivity contribution < 1.29 is 4.79 Å². The van der Waals surface area contributed by atoms with E-state index in [1.807, 2.05) is 0 Å². The molecule has 0 aromatic carbocycles. The number of hydrogen-bond donors (Lipinski definition) is 4. The summed E-state index contributed by atoms with van der Waals surface area (Å²) in [5.41, 5.74) is 3.23. The Morgan fingerprint density at radius 3 is 3.00 bits per heavy atom. The SMILES string of the molecule is NNc1cccc(C(=O)Nc2cn[nH]c2)n1. The summed E-state index contributed by atoms with van der Waals surface area (Å²) in [6, 6.07) is 4.94. The fraction of sp³-hybridized carbons (Fsp3) is 0. The number of amides is 1. The van der Waals surface area contributed by atoms with Gasteiger partial charge in [-0.25, -0.2) is 10.8 Å². The summed E-state index contributed by atoms with van der Waals surface area (Å²) in [6.45, 7) is 0. The van der Waals surface area contributed by atoms with Gasteiger partial charge in [0, 0.05) is 6.20 Å². The van der Waals surface area contributed by atoms with Crippen LogP contribution in [0, 0.1) is 0 Å². The van der Waals surface area contributed by atoms with Crippen molar-refractivity contribution in [3.8, 4) is 0 Å². The number of nitrogens with two attached hydrogens (primary N) is 1. The average molecular weight is 218 g/mol. The minimum atomic E-state index is -0.321. The van der Waals surface area contributed by atoms with Gasteiger partial charge in [-0.15, -0.1) is 0 Å². The van der Waals surface area contributed by atoms with Gasteiger partial charge in [0.1, 0.15) is 11.5 Å². The number of carbonyl (C=O) groups excluding carboxylic acids is 1. The lowest BCUT2D eigenvalue weighted by molar-refractivity contribution is 0.102. The molecule has 82 valence electrons. The number of nitrogens with one attached hydrogen (secondary N) is 3. The second-order valence-electron chi connectivity index (χ2n) is 2.99. The molecule has 0 bridgehead atoms. The van der Waals surface area contributed by atoms with Crippen LogP contribution >= 0.6 is 0 Å². The number of hydrazine groups is 1. The predicted octanol–water partition coefficient (Wildman–Crippen LogP) is 0.343. The first-order valence-corrected chi connectivity index (χ1v) is 4.53. The Bertz CT molecular complexity index is 481. The lowest BCUT2D eigenvalue weighted by Gasteiger charge is -2.03. The molecule has 0 atom stereocenters. The van der Waals surface area contributed by atoms with Crippen LogP contribution in [0.4, 0.5) is 11.5 Å². The van der Waals surface area contributed by atoms with Crippen molar-refractivity contribution in [2.24, 2.45) is 5.84 Å². The van der Waals surface area contributed by atoms with Crippen LogP contribution in [0.3, 0.4) is 0 Å². The molecule has 5 N–H and O–H groups in total. The fourth-order valence-electron chi connectivity index (χ4n) is 1.16. The third kappa shape index (κ3) is 2.15. The smallest absolute Gasteiger partial charge is 0.274 e. The number of rotatable bonds is 3. The zero-order valence-electron chi connectivity index (χ0n) is 8.27. The van der Waals surface area contributed by atoms with Crippen molar-refractivity contribution >= 4 is 17.4 Å². The van der Waals surface area contributed by atoms with Gasteiger partial charge in [0.2, 0.25) is 0 Å². The highest BCUT2D eigenvalue weighted by atomic mass is 16.1. The first kappa shape index (κ1) is 10.1. The molecule has 2 rings (SSSR count). The lowest BCUT2D eigenvalue weighted by atomic mass is 10.3. The van der Waals surface area contributed by atoms with Crippen LogP contribution in [0.2, 0.25) is 0 Å². The third-order valence-electron chi connectivity index (χ3n) is 1.89. The van der Waals surface area contributed by atoms with Crippen molar-refractivity contribution in [3.63, 3.8) is 0 Å². The molecule has 7 heteroatoms. The molecule has 1 amide bonds. The van der Waals surface area contributed by atoms with E-state index in [9.17, 15) is 4.79 Å². The molecular weight excluding hydrogens is 208 g/mol. The van der Waals surface area contributed by atoms with Crippen LogP contribution in [-0.4, -0.2) is 21.1 Å². The van der Waals surface area contributed by atoms with Crippen molar-refractivity contribution in [1.29, 1.82) is 0 Å². The Morgan fingerprint density at radius 1 is 1.44 bits per heavy atom. The molecule has 0 radical (unpaired) electrons. The highest BCUT2D eigenvalue weighted by Gasteiger charge is 2.08. The fourth-order valence-corrected chi connectivity index (χ4v) is 1.16. The Kier molecular flexibility index (Phi) is 2.79. The zero-order valence-corrected chi connectivity index (χ0v) is 8.27. The van der Waals surface area contributed by atoms with Gasteiger partial charge in [0.25, 0.3) is 5.91 Å². The summed E-state index contributed by atoms with van der Waals surface area (Å²) >= 11 is 0. The number of carbonyl (C=O) groups is 1. The molecule has 2 aromatic rings. The number of aromatic nitrogens is 3. The van der Waals surface area contributed by atoms with Crippen molar-refractivity contribution in [2.75, 3.05) is 10.7 Å². The number of nitrogen functional groups attached to an aromatic ring is 1. The van der Waals surface area contributed by atoms with Gasteiger partial charge >= 0.3 is 0 Å². The molecule has 0 saturated heterocycles. The molecule has 0 spiro atoms. The largest absolute Gasteiger partial charge is 0.318 e. The van der Waals surface area contributed by atoms with E-state index < -0.39 is 0 Å². The summed E-state index contributed by atoms with van der Waals surface area (Å²) in [6.07, 6.45) is 3.08. The summed E-state index contributed by atoms with van der Waals surface area (Å²) < 4.78 is 0. The maximum Gasteiger partial charge on any atom is 0.274 e. The molecule has 2 aromatic heterocycles. The van der Waals surface area contributed by atoms with Crippen molar-refractivity contribution in [3.05, 3.63) is 36.3 Å². The molecule has 0 saturated carbocycles. The number of hydrogen-bond acceptors (Lipinski definition) is 5. The van der Waals surface area contributed by atoms with Gasteiger partial charge in [-0.2, -0.15) is 5.10 Å². The van der Waals surface area contributed by atoms with Gasteiger partial charge in [0.15, 0.2) is 0 Å². The van der Waals surface area contributed by atoms with Gasteiger partial charge < -0.3 is 10.7 Å². The molecule has 0 unspecified atom stereocenters. The number of nitrogens with zero attached hydrogens (tertiary/aromatic N) is 2. The monoisotopic (exact) mass is 218 g/mol. The van der Waals surface area contributed by atoms with Crippen LogP contribution in [0.25, 0.3) is 0 Å². The predicted molar refractivity (Wildman–Crippen MR) is 58.6 cm³/mol. The van der Waals surface area contributed by atoms with Crippen LogP contribution in [0.5, 0.6) is 0 Å². The second kappa shape index (κ2) is 4.41. The lowest BCUT2D eigenvalue weighted by Crippen LogP contribution is -2.15. The van der Waals surface area contributed by atoms with Gasteiger partial charge in [-0.3, -0.25) is 9.89 Å². The van der Waals surface area contributed by atoms with E-state index in [-0.39, 0.29) is 11.6 Å². The van der Waals surface area contributed by atoms with Gasteiger partial charge in [-0.05, 0) is 12.1 Å². The normalized spacial score (nSPS) is 9.81. The molecule has 2 heterocycles. The van der Waals surface area contributed by atoms with E-state index >= 15 is 0 Å². The standard InChI is InChI=1S/C9H10N6O/c10-15-8-3-1-2-7(14-8)9(16)13-6-4-11-12-5-6/h1-5H,10H2,(H,11,12)(H,13,16)(H,14,15). The third-order valence-corrected chi connectivity index (χ3v) is 1.89. The topological polar surface area (TPSA) is 109 Å². The number of anilines is 2. The maximum atomic E-state index is 11.7. The number of H-pyrrole nitrogens is 1. The van der Waals surface area contributed by atoms with Crippen LogP contribution < -0.4 is 16.6 Å². The first-order valence-electron chi connectivity index (χ1n) is 4.53. The van der Waals surface area contributed by atoms with E-state index in [0.717, 1.165) is 0 Å². The minimum Gasteiger partial charge on any atom is -0.318 e. The molecule has 0 aliphatic rings. The maximum absolute atomic E-state index is 11.7. The van der Waals surface area contributed by atoms with Crippen molar-refractivity contribution in [2.45, 2.75) is 0 Å². The first-order chi connectivity index (χ1) is 7.79. The number of aromatic amines is 1. The summed E-state index contributed by atoms with van der Waals surface area (Å²) in [4.78, 5) is 15.7. The second-order valence-corrected chi connectivity index (χ2v) is 2.99. The van der Waals surface area contributed by atoms with Gasteiger partial charge in [-0.1, -0.05) is 6.07 Å². The van der Waals surface area contributed by atoms with E-state index in [4.69, 9.17) is 5.84 Å². The average Bonchev–Trinajstić information content (AvgIpc) is 2.82. The van der Waals surface area contributed by atoms with E-state index in [1.165, 1.54) is 6.20 Å². The molecular formula is C9H10N6O. The van der Waals surface area contributed by atoms with Crippen LogP contribution in [0.15, 0.2) is 30.6 Å². The highest BCUT2D eigenvalue weighted by molar-refractivity contribution is 6.02. The molecule has 16 heavy (non-hydrogen) atoms. The Balaban J connectivity index is 2.14. The van der Waals surface area contributed by atoms with E-state index in [1.54, 1.807) is 24.4 Å². The summed E-state index contributed by atoms with van der Waals surface area (Å²) in [5.74, 6) is 5.31. The highest BCUT2D eigenvalue weighted by Crippen LogP contribution is 2.07. The quantitative estimate of drug-likeness (QED) is 0.439. The van der Waals surface area contributed by atoms with E-state index in [0.29, 0.717) is 11.5 Å². The summed E-state index contributed by atoms with van der Waals surface area (Å²) in [7, 11) is 0. The molecule has 0 aliphatic carbocycles. The van der Waals surface area contributed by atoms with Crippen LogP contribution in [0.1, 0.15) is 10.5 Å².